The molecule has 34 nitrogen and oxygen atoms in total. The van der Waals surface area contributed by atoms with Crippen molar-refractivity contribution in [3.8, 4) is 23.0 Å². The van der Waals surface area contributed by atoms with Crippen molar-refractivity contribution in [2.75, 3.05) is 71.0 Å². The maximum absolute atomic E-state index is 14.8. The molecule has 24 N–H and O–H groups in total. The van der Waals surface area contributed by atoms with E-state index in [-0.39, 0.29) is 162 Å². The summed E-state index contributed by atoms with van der Waals surface area (Å²) in [5, 5.41) is 81.8. The van der Waals surface area contributed by atoms with E-state index in [2.05, 4.69) is 69.1 Å². The lowest BCUT2D eigenvalue weighted by molar-refractivity contribution is -0.135. The van der Waals surface area contributed by atoms with Gasteiger partial charge in [-0.25, -0.2) is 4.79 Å². The van der Waals surface area contributed by atoms with Gasteiger partial charge in [-0.1, -0.05) is 78.9 Å². The lowest BCUT2D eigenvalue weighted by atomic mass is 9.77. The average Bonchev–Trinajstić information content (AvgIpc) is 1.50. The van der Waals surface area contributed by atoms with Crippen LogP contribution in [0.3, 0.4) is 0 Å². The molecule has 6 aromatic rings. The molecule has 6 aromatic carbocycles. The van der Waals surface area contributed by atoms with Crippen LogP contribution < -0.4 is 91.1 Å². The van der Waals surface area contributed by atoms with Gasteiger partial charge in [0.1, 0.15) is 65.9 Å². The van der Waals surface area contributed by atoms with E-state index in [1.807, 2.05) is 36.4 Å². The summed E-state index contributed by atoms with van der Waals surface area (Å²) >= 11 is 5.68. The van der Waals surface area contributed by atoms with Crippen molar-refractivity contribution in [3.63, 3.8) is 0 Å². The number of fused-ring (bicyclic) bond motifs is 7. The van der Waals surface area contributed by atoms with Gasteiger partial charge in [0.2, 0.25) is 47.3 Å². The fourth-order valence-electron chi connectivity index (χ4n) is 12.8. The number of nitrogens with two attached hydrogens (primary N) is 3. The predicted molar refractivity (Wildman–Crippen MR) is 411 cm³/mol. The first-order valence-corrected chi connectivity index (χ1v) is 36.4. The van der Waals surface area contributed by atoms with E-state index in [1.54, 1.807) is 66.7 Å². The van der Waals surface area contributed by atoms with Gasteiger partial charge in [0, 0.05) is 80.1 Å². The number of aromatic hydroxyl groups is 2. The third-order valence-corrected chi connectivity index (χ3v) is 18.4. The number of ether oxygens (including phenoxy) is 4. The molecule has 0 bridgehead atoms. The van der Waals surface area contributed by atoms with Gasteiger partial charge in [-0.05, 0) is 128 Å². The second-order valence-corrected chi connectivity index (χ2v) is 26.8. The molecule has 9 rings (SSSR count). The Morgan fingerprint density at radius 3 is 1.57 bits per heavy atom. The maximum Gasteiger partial charge on any atom is 0.340 e. The fourth-order valence-corrected chi connectivity index (χ4v) is 13.0. The van der Waals surface area contributed by atoms with Gasteiger partial charge in [-0.15, -0.1) is 0 Å². The van der Waals surface area contributed by atoms with Crippen LogP contribution in [0.15, 0.2) is 127 Å². The number of amides is 8. The number of unbranched alkanes of at least 4 members (excludes halogenated alkanes) is 1. The molecular formula is C75H93N19O15S. The molecule has 1 saturated heterocycles. The second-order valence-electron chi connectivity index (χ2n) is 26.4. The Morgan fingerprint density at radius 1 is 0.473 bits per heavy atom. The Kier molecular flexibility index (Phi) is 29.7. The number of thiocarbonyl (C=S) groups is 1. The molecule has 0 saturated carbocycles. The van der Waals surface area contributed by atoms with Gasteiger partial charge in [0.15, 0.2) is 28.6 Å². The van der Waals surface area contributed by atoms with Gasteiger partial charge in [0.05, 0.1) is 31.9 Å². The summed E-state index contributed by atoms with van der Waals surface area (Å²) in [5.74, 6) is -7.79. The van der Waals surface area contributed by atoms with Crippen molar-refractivity contribution in [1.29, 1.82) is 16.2 Å². The minimum Gasteiger partial charge on any atom is -0.508 e. The van der Waals surface area contributed by atoms with Crippen molar-refractivity contribution in [2.24, 2.45) is 17.2 Å². The molecule has 0 aromatic heterocycles. The molecule has 584 valence electrons. The number of carbonyl (C=O) groups excluding carboxylic acids is 9. The Bertz CT molecular complexity index is 4310. The van der Waals surface area contributed by atoms with Crippen LogP contribution in [0.25, 0.3) is 10.8 Å². The summed E-state index contributed by atoms with van der Waals surface area (Å²) in [6, 6.07) is 27.7. The van der Waals surface area contributed by atoms with Gasteiger partial charge in [-0.2, -0.15) is 0 Å². The minimum atomic E-state index is -1.49. The number of rotatable bonds is 22. The van der Waals surface area contributed by atoms with Crippen LogP contribution in [0.4, 0.5) is 5.69 Å². The van der Waals surface area contributed by atoms with E-state index in [4.69, 9.17) is 64.6 Å². The number of hydrogen-bond acceptors (Lipinski definition) is 19. The fraction of sp³-hybridized carbons (Fsp3) is 0.373. The van der Waals surface area contributed by atoms with E-state index in [0.29, 0.717) is 46.3 Å². The zero-order chi connectivity index (χ0) is 78.7. The van der Waals surface area contributed by atoms with Crippen LogP contribution in [-0.2, 0) is 71.0 Å². The quantitative estimate of drug-likeness (QED) is 0.0146. The van der Waals surface area contributed by atoms with Crippen molar-refractivity contribution in [1.82, 2.24) is 63.8 Å². The van der Waals surface area contributed by atoms with Crippen LogP contribution in [0.1, 0.15) is 96.0 Å². The molecule has 3 aliphatic heterocycles. The molecule has 3 aliphatic rings. The number of carbonyl (C=O) groups is 9. The molecule has 6 atom stereocenters. The Balaban J connectivity index is 0.924. The van der Waals surface area contributed by atoms with Crippen LogP contribution in [0.2, 0.25) is 0 Å². The summed E-state index contributed by atoms with van der Waals surface area (Å²) in [7, 11) is 0. The highest BCUT2D eigenvalue weighted by atomic mass is 32.1. The first-order valence-electron chi connectivity index (χ1n) is 36.0. The standard InChI is InChI=1S/C75H93N19O15S/c76-71(77)83-28-8-16-55-66(101)92-57(18-10-30-85-73(80)81)68(103)93-56(17-9-29-84-72(78)79)67(102)91-54(15-6-7-27-86-74(110)88-47-21-24-51-50(38-47)70(105)109-75(51)52-25-22-48(95)39-60(52)108-61-40-49(96)23-26-53(61)75)64(99)82-31-32-106-33-34-107-42-63(98)90-59(36-43-11-2-1-3-12-43)69(104)94-58(65(100)87-41-62(97)89-55)37-44-19-20-45-13-4-5-14-46(45)35-44/h1-5,11-14,19-26,35,38-40,54-59,95-96H,6-10,15-18,27-34,36-37,41-42H2,(H,82,99)(H,87,100)(H,89,97)(H,90,98)(H,91,102)(H,92,101)(H,93,103)(H,94,104)(H4,76,77,83)(H4,78,79,84)(H4,80,81,85)(H2,86,88,110)/t54-,55+,56+,57+,58+,59+/m1/s1. The highest BCUT2D eigenvalue weighted by Crippen LogP contribution is 2.57. The topological polar surface area (TPSA) is 537 Å². The zero-order valence-electron chi connectivity index (χ0n) is 60.3. The monoisotopic (exact) mass is 1530 g/mol. The molecule has 0 radical (unpaired) electrons. The molecule has 0 aliphatic carbocycles. The zero-order valence-corrected chi connectivity index (χ0v) is 61.1. The number of nitrogens with one attached hydrogen (secondary N) is 16. The Hall–Kier alpha value is -12.4. The van der Waals surface area contributed by atoms with Gasteiger partial charge in [0.25, 0.3) is 0 Å². The minimum absolute atomic E-state index is 0.00573. The van der Waals surface area contributed by atoms with E-state index in [0.717, 1.165) is 10.8 Å². The van der Waals surface area contributed by atoms with Gasteiger partial charge in [-0.3, -0.25) is 54.6 Å². The highest BCUT2D eigenvalue weighted by molar-refractivity contribution is 7.80. The third kappa shape index (κ3) is 23.6. The molecule has 0 unspecified atom stereocenters. The molecule has 3 heterocycles. The summed E-state index contributed by atoms with van der Waals surface area (Å²) in [6.45, 7) is -1.05. The summed E-state index contributed by atoms with van der Waals surface area (Å²) < 4.78 is 23.7. The molecule has 8 amide bonds. The Morgan fingerprint density at radius 2 is 0.964 bits per heavy atom. The second kappa shape index (κ2) is 40.0. The molecular weight excluding hydrogens is 1440 g/mol. The first-order chi connectivity index (χ1) is 52.9. The van der Waals surface area contributed by atoms with Crippen molar-refractivity contribution in [3.05, 3.63) is 161 Å². The smallest absolute Gasteiger partial charge is 0.340 e. The van der Waals surface area contributed by atoms with E-state index < -0.39 is 108 Å². The van der Waals surface area contributed by atoms with Crippen LogP contribution in [0.5, 0.6) is 23.0 Å². The lowest BCUT2D eigenvalue weighted by Gasteiger charge is -2.36. The van der Waals surface area contributed by atoms with Crippen molar-refractivity contribution < 1.29 is 72.3 Å². The first kappa shape index (κ1) is 81.7. The number of phenolic OH excluding ortho intramolecular Hbond substituents is 2. The average molecular weight is 1530 g/mol. The number of benzene rings is 6. The molecule has 1 fully saturated rings. The Labute approximate surface area is 638 Å². The highest BCUT2D eigenvalue weighted by Gasteiger charge is 2.54. The molecule has 35 heteroatoms. The number of esters is 1. The number of hydrogen-bond donors (Lipinski definition) is 21. The lowest BCUT2D eigenvalue weighted by Crippen LogP contribution is -2.59. The molecule has 1 spiro atoms. The SMILES string of the molecule is N=C(N)NCCC[C@@H]1NC(=O)CNC(=O)[C@H](Cc2ccc3ccccc3c2)NC(=O)[C@H](Cc2ccccc2)NC(=O)COCCOCCNC(=O)[C@@H](CCCCNC(=S)Nc2ccc3c(c2)C(=O)OC32c3ccc(O)cc3Oc3cc(O)ccc32)NC(=O)[C@H](CCCNC(=N)N)NC(=O)[C@H](CCCNC(=N)N)NC1=O. The molecule has 110 heavy (non-hydrogen) atoms. The van der Waals surface area contributed by atoms with Crippen LogP contribution in [0, 0.1) is 16.2 Å². The van der Waals surface area contributed by atoms with Gasteiger partial charge < -0.3 is 115 Å². The van der Waals surface area contributed by atoms with E-state index in [9.17, 15) is 53.4 Å². The van der Waals surface area contributed by atoms with Gasteiger partial charge >= 0.3 is 5.97 Å². The largest absolute Gasteiger partial charge is 0.508 e. The summed E-state index contributed by atoms with van der Waals surface area (Å²) in [4.78, 5) is 129. The van der Waals surface area contributed by atoms with E-state index >= 15 is 0 Å². The number of guanidine groups is 3. The van der Waals surface area contributed by atoms with Crippen molar-refractivity contribution >= 4 is 105 Å². The maximum atomic E-state index is 14.8. The van der Waals surface area contributed by atoms with Crippen LogP contribution in [-0.4, -0.2) is 188 Å². The van der Waals surface area contributed by atoms with Crippen LogP contribution >= 0.6 is 12.2 Å². The number of phenols is 2. The number of anilines is 1. The van der Waals surface area contributed by atoms with E-state index in [1.165, 1.54) is 24.3 Å². The van der Waals surface area contributed by atoms with Crippen molar-refractivity contribution in [2.45, 2.75) is 112 Å². The normalized spacial score (nSPS) is 19.5. The summed E-state index contributed by atoms with van der Waals surface area (Å²) in [5.41, 5.74) is 18.6. The summed E-state index contributed by atoms with van der Waals surface area (Å²) in [6.07, 6.45) is 0.667. The third-order valence-electron chi connectivity index (χ3n) is 18.1. The predicted octanol–water partition coefficient (Wildman–Crippen LogP) is 0.739.